The highest BCUT2D eigenvalue weighted by molar-refractivity contribution is 7.89. The molecule has 0 saturated heterocycles. The number of Topliss-reactive ketones (excluding diaryl/α,β-unsaturated/α-hetero) is 1. The molecule has 130 valence electrons. The van der Waals surface area contributed by atoms with Crippen molar-refractivity contribution in [3.05, 3.63) is 29.0 Å². The normalized spacial score (nSPS) is 16.4. The van der Waals surface area contributed by atoms with Crippen LogP contribution in [-0.4, -0.2) is 25.2 Å². The van der Waals surface area contributed by atoms with Crippen molar-refractivity contribution in [2.45, 2.75) is 63.8 Å². The van der Waals surface area contributed by atoms with Crippen LogP contribution in [0, 0.1) is 0 Å². The first-order valence-corrected chi connectivity index (χ1v) is 10.1. The molecule has 0 bridgehead atoms. The van der Waals surface area contributed by atoms with Gasteiger partial charge in [-0.25, -0.2) is 13.1 Å². The number of aromatic nitrogens is 1. The van der Waals surface area contributed by atoms with Gasteiger partial charge in [0.1, 0.15) is 0 Å². The maximum absolute atomic E-state index is 12.7. The number of H-pyrrole nitrogens is 1. The summed E-state index contributed by atoms with van der Waals surface area (Å²) in [6.45, 7) is 5.74. The number of carbonyl (C=O) groups is 1. The van der Waals surface area contributed by atoms with Crippen molar-refractivity contribution in [1.29, 1.82) is 0 Å². The van der Waals surface area contributed by atoms with Gasteiger partial charge in [-0.05, 0) is 50.3 Å². The first-order chi connectivity index (χ1) is 11.4. The summed E-state index contributed by atoms with van der Waals surface area (Å²) in [5, 5.41) is 0.856. The van der Waals surface area contributed by atoms with Gasteiger partial charge in [0.2, 0.25) is 10.0 Å². The summed E-state index contributed by atoms with van der Waals surface area (Å²) >= 11 is 0. The first kappa shape index (κ1) is 17.2. The van der Waals surface area contributed by atoms with Crippen molar-refractivity contribution in [3.8, 4) is 0 Å². The molecule has 3 rings (SSSR count). The molecule has 1 atom stereocenters. The fourth-order valence-electron chi connectivity index (χ4n) is 3.32. The number of benzene rings is 1. The number of rotatable bonds is 5. The molecule has 6 heteroatoms. The van der Waals surface area contributed by atoms with Crippen LogP contribution in [-0.2, 0) is 22.9 Å². The number of carbonyl (C=O) groups excluding carboxylic acids is 1. The van der Waals surface area contributed by atoms with E-state index in [1.54, 1.807) is 6.07 Å². The Kier molecular flexibility index (Phi) is 4.53. The van der Waals surface area contributed by atoms with Gasteiger partial charge in [0.25, 0.3) is 0 Å². The molecule has 0 radical (unpaired) electrons. The van der Waals surface area contributed by atoms with Gasteiger partial charge in [0.15, 0.2) is 5.78 Å². The summed E-state index contributed by atoms with van der Waals surface area (Å²) in [4.78, 5) is 15.8. The van der Waals surface area contributed by atoms with Crippen molar-refractivity contribution in [3.63, 3.8) is 0 Å². The van der Waals surface area contributed by atoms with Crippen LogP contribution < -0.4 is 4.72 Å². The SMILES string of the molecule is CCc1cc2c3c([nH]c2cc1S(=O)(=O)NC(C)CC)CCCC3=O. The molecular formula is C18H24N2O3S. The topological polar surface area (TPSA) is 79.0 Å². The van der Waals surface area contributed by atoms with Gasteiger partial charge < -0.3 is 4.98 Å². The average molecular weight is 348 g/mol. The van der Waals surface area contributed by atoms with Crippen molar-refractivity contribution < 1.29 is 13.2 Å². The van der Waals surface area contributed by atoms with Crippen LogP contribution in [0.2, 0.25) is 0 Å². The van der Waals surface area contributed by atoms with E-state index in [9.17, 15) is 13.2 Å². The largest absolute Gasteiger partial charge is 0.358 e. The van der Waals surface area contributed by atoms with E-state index in [-0.39, 0.29) is 11.8 Å². The van der Waals surface area contributed by atoms with E-state index in [4.69, 9.17) is 0 Å². The summed E-state index contributed by atoms with van der Waals surface area (Å²) < 4.78 is 28.2. The molecule has 2 N–H and O–H groups in total. The van der Waals surface area contributed by atoms with Crippen LogP contribution in [0.1, 0.15) is 61.6 Å². The maximum atomic E-state index is 12.7. The zero-order chi connectivity index (χ0) is 17.5. The Morgan fingerprint density at radius 1 is 1.25 bits per heavy atom. The van der Waals surface area contributed by atoms with Gasteiger partial charge in [-0.15, -0.1) is 0 Å². The molecule has 0 saturated carbocycles. The number of fused-ring (bicyclic) bond motifs is 3. The second-order valence-corrected chi connectivity index (χ2v) is 8.23. The highest BCUT2D eigenvalue weighted by Crippen LogP contribution is 2.32. The molecule has 0 fully saturated rings. The lowest BCUT2D eigenvalue weighted by Crippen LogP contribution is -2.32. The van der Waals surface area contributed by atoms with Gasteiger partial charge in [-0.3, -0.25) is 4.79 Å². The van der Waals surface area contributed by atoms with Crippen molar-refractivity contribution >= 4 is 26.7 Å². The van der Waals surface area contributed by atoms with Crippen LogP contribution in [0.4, 0.5) is 0 Å². The molecule has 1 aromatic heterocycles. The number of ketones is 1. The van der Waals surface area contributed by atoms with E-state index in [0.717, 1.165) is 47.0 Å². The van der Waals surface area contributed by atoms with E-state index in [2.05, 4.69) is 9.71 Å². The second kappa shape index (κ2) is 6.33. The molecule has 0 spiro atoms. The van der Waals surface area contributed by atoms with Crippen LogP contribution in [0.25, 0.3) is 10.9 Å². The number of aryl methyl sites for hydroxylation is 2. The highest BCUT2D eigenvalue weighted by Gasteiger charge is 2.26. The third-order valence-corrected chi connectivity index (χ3v) is 6.48. The summed E-state index contributed by atoms with van der Waals surface area (Å²) in [5.41, 5.74) is 3.17. The standard InChI is InChI=1S/C18H24N2O3S/c1-4-11(3)20-24(22,23)17-10-15-13(9-12(17)5-2)18-14(19-15)7-6-8-16(18)21/h9-11,19-20H,4-8H2,1-3H3. The zero-order valence-electron chi connectivity index (χ0n) is 14.4. The predicted octanol–water partition coefficient (Wildman–Crippen LogP) is 3.33. The summed E-state index contributed by atoms with van der Waals surface area (Å²) in [6.07, 6.45) is 3.58. The predicted molar refractivity (Wildman–Crippen MR) is 95.0 cm³/mol. The molecule has 1 aliphatic rings. The van der Waals surface area contributed by atoms with Gasteiger partial charge in [-0.2, -0.15) is 0 Å². The minimum Gasteiger partial charge on any atom is -0.358 e. The second-order valence-electron chi connectivity index (χ2n) is 6.54. The molecule has 5 nitrogen and oxygen atoms in total. The molecule has 0 amide bonds. The quantitative estimate of drug-likeness (QED) is 0.870. The Bertz CT molecular complexity index is 897. The highest BCUT2D eigenvalue weighted by atomic mass is 32.2. The third-order valence-electron chi connectivity index (χ3n) is 4.81. The summed E-state index contributed by atoms with van der Waals surface area (Å²) in [5.74, 6) is 0.151. The van der Waals surface area contributed by atoms with Crippen LogP contribution in [0.5, 0.6) is 0 Å². The Morgan fingerprint density at radius 3 is 2.67 bits per heavy atom. The Labute approximate surface area is 142 Å². The van der Waals surface area contributed by atoms with Gasteiger partial charge >= 0.3 is 0 Å². The molecule has 1 aliphatic carbocycles. The zero-order valence-corrected chi connectivity index (χ0v) is 15.2. The first-order valence-electron chi connectivity index (χ1n) is 8.60. The number of hydrogen-bond acceptors (Lipinski definition) is 3. The maximum Gasteiger partial charge on any atom is 0.241 e. The summed E-state index contributed by atoms with van der Waals surface area (Å²) in [7, 11) is -3.58. The Hall–Kier alpha value is -1.66. The van der Waals surface area contributed by atoms with Gasteiger partial charge in [-0.1, -0.05) is 13.8 Å². The molecule has 1 aromatic carbocycles. The molecule has 0 aliphatic heterocycles. The lowest BCUT2D eigenvalue weighted by molar-refractivity contribution is 0.0974. The molecule has 1 heterocycles. The Balaban J connectivity index is 2.18. The van der Waals surface area contributed by atoms with E-state index < -0.39 is 10.0 Å². The fraction of sp³-hybridized carbons (Fsp3) is 0.500. The lowest BCUT2D eigenvalue weighted by atomic mass is 9.94. The van der Waals surface area contributed by atoms with Crippen LogP contribution in [0.3, 0.4) is 0 Å². The van der Waals surface area contributed by atoms with Gasteiger partial charge in [0.05, 0.1) is 4.90 Å². The van der Waals surface area contributed by atoms with Gasteiger partial charge in [0, 0.05) is 34.6 Å². The van der Waals surface area contributed by atoms with E-state index >= 15 is 0 Å². The number of aromatic amines is 1. The number of sulfonamides is 1. The van der Waals surface area contributed by atoms with E-state index in [0.29, 0.717) is 17.7 Å². The van der Waals surface area contributed by atoms with Crippen molar-refractivity contribution in [2.24, 2.45) is 0 Å². The summed E-state index contributed by atoms with van der Waals surface area (Å²) in [6, 6.07) is 3.44. The van der Waals surface area contributed by atoms with Crippen LogP contribution in [0.15, 0.2) is 17.0 Å². The van der Waals surface area contributed by atoms with E-state index in [1.807, 2.05) is 26.8 Å². The van der Waals surface area contributed by atoms with E-state index in [1.165, 1.54) is 0 Å². The fourth-order valence-corrected chi connectivity index (χ4v) is 4.96. The molecular weight excluding hydrogens is 324 g/mol. The number of hydrogen-bond donors (Lipinski definition) is 2. The minimum absolute atomic E-state index is 0.117. The smallest absolute Gasteiger partial charge is 0.241 e. The molecule has 2 aromatic rings. The molecule has 1 unspecified atom stereocenters. The Morgan fingerprint density at radius 2 is 2.00 bits per heavy atom. The average Bonchev–Trinajstić information content (AvgIpc) is 2.91. The third kappa shape index (κ3) is 2.89. The monoisotopic (exact) mass is 348 g/mol. The van der Waals surface area contributed by atoms with Crippen LogP contribution >= 0.6 is 0 Å². The minimum atomic E-state index is -3.58. The number of nitrogens with one attached hydrogen (secondary N) is 2. The molecule has 24 heavy (non-hydrogen) atoms. The van der Waals surface area contributed by atoms with Crippen molar-refractivity contribution in [2.75, 3.05) is 0 Å². The lowest BCUT2D eigenvalue weighted by Gasteiger charge is -2.15. The van der Waals surface area contributed by atoms with Crippen molar-refractivity contribution in [1.82, 2.24) is 9.71 Å².